The SMILES string of the molecule is CCCOc1cc(C)c(C(=O)CCC(=O)O)c(C)c1C. The molecule has 0 unspecified atom stereocenters. The minimum absolute atomic E-state index is 0.0334. The van der Waals surface area contributed by atoms with Gasteiger partial charge in [-0.1, -0.05) is 6.92 Å². The van der Waals surface area contributed by atoms with Gasteiger partial charge < -0.3 is 9.84 Å². The van der Waals surface area contributed by atoms with E-state index in [2.05, 4.69) is 0 Å². The van der Waals surface area contributed by atoms with Crippen LogP contribution in [-0.4, -0.2) is 23.5 Å². The van der Waals surface area contributed by atoms with E-state index in [0.29, 0.717) is 12.2 Å². The summed E-state index contributed by atoms with van der Waals surface area (Å²) in [6, 6.07) is 1.87. The molecule has 0 spiro atoms. The number of carbonyl (C=O) groups is 2. The maximum atomic E-state index is 12.2. The second-order valence-electron chi connectivity index (χ2n) is 4.98. The van der Waals surface area contributed by atoms with Crippen LogP contribution >= 0.6 is 0 Å². The smallest absolute Gasteiger partial charge is 0.303 e. The van der Waals surface area contributed by atoms with Crippen molar-refractivity contribution in [3.05, 3.63) is 28.3 Å². The van der Waals surface area contributed by atoms with Crippen LogP contribution in [0.1, 0.15) is 53.2 Å². The molecule has 20 heavy (non-hydrogen) atoms. The van der Waals surface area contributed by atoms with E-state index in [1.165, 1.54) is 0 Å². The first-order chi connectivity index (χ1) is 9.38. The zero-order chi connectivity index (χ0) is 15.3. The van der Waals surface area contributed by atoms with Crippen LogP contribution < -0.4 is 4.74 Å². The van der Waals surface area contributed by atoms with E-state index in [4.69, 9.17) is 9.84 Å². The topological polar surface area (TPSA) is 63.6 Å². The molecule has 1 N–H and O–H groups in total. The van der Waals surface area contributed by atoms with Gasteiger partial charge in [0.05, 0.1) is 13.0 Å². The molecule has 0 aliphatic carbocycles. The van der Waals surface area contributed by atoms with Crippen molar-refractivity contribution in [3.8, 4) is 5.75 Å². The predicted octanol–water partition coefficient (Wildman–Crippen LogP) is 3.45. The van der Waals surface area contributed by atoms with Crippen LogP contribution in [-0.2, 0) is 4.79 Å². The number of ketones is 1. The van der Waals surface area contributed by atoms with Crippen molar-refractivity contribution >= 4 is 11.8 Å². The normalized spacial score (nSPS) is 10.4. The van der Waals surface area contributed by atoms with Gasteiger partial charge >= 0.3 is 5.97 Å². The Morgan fingerprint density at radius 2 is 1.80 bits per heavy atom. The monoisotopic (exact) mass is 278 g/mol. The Morgan fingerprint density at radius 3 is 2.35 bits per heavy atom. The molecule has 0 saturated carbocycles. The van der Waals surface area contributed by atoms with Crippen LogP contribution in [0.4, 0.5) is 0 Å². The van der Waals surface area contributed by atoms with Crippen LogP contribution in [0, 0.1) is 20.8 Å². The number of ether oxygens (including phenoxy) is 1. The Hall–Kier alpha value is -1.84. The Bertz CT molecular complexity index is 518. The molecule has 4 heteroatoms. The summed E-state index contributed by atoms with van der Waals surface area (Å²) in [4.78, 5) is 22.7. The van der Waals surface area contributed by atoms with E-state index in [0.717, 1.165) is 28.9 Å². The summed E-state index contributed by atoms with van der Waals surface area (Å²) in [6.45, 7) is 8.35. The standard InChI is InChI=1S/C16H22O4/c1-5-8-20-14-9-10(2)16(12(4)11(14)3)13(17)6-7-15(18)19/h9H,5-8H2,1-4H3,(H,18,19). The fourth-order valence-corrected chi connectivity index (χ4v) is 2.18. The van der Waals surface area contributed by atoms with Crippen molar-refractivity contribution in [1.82, 2.24) is 0 Å². The van der Waals surface area contributed by atoms with Gasteiger partial charge in [0.2, 0.25) is 0 Å². The summed E-state index contributed by atoms with van der Waals surface area (Å²) in [7, 11) is 0. The van der Waals surface area contributed by atoms with Gasteiger partial charge in [-0.15, -0.1) is 0 Å². The average Bonchev–Trinajstić information content (AvgIpc) is 2.39. The second-order valence-corrected chi connectivity index (χ2v) is 4.98. The number of carboxylic acid groups (broad SMARTS) is 1. The predicted molar refractivity (Wildman–Crippen MR) is 77.6 cm³/mol. The minimum Gasteiger partial charge on any atom is -0.493 e. The second kappa shape index (κ2) is 7.08. The van der Waals surface area contributed by atoms with E-state index in [-0.39, 0.29) is 18.6 Å². The molecule has 4 nitrogen and oxygen atoms in total. The average molecular weight is 278 g/mol. The number of hydrogen-bond donors (Lipinski definition) is 1. The highest BCUT2D eigenvalue weighted by molar-refractivity contribution is 6.00. The lowest BCUT2D eigenvalue weighted by atomic mass is 9.92. The van der Waals surface area contributed by atoms with Gasteiger partial charge in [0.1, 0.15) is 5.75 Å². The number of carbonyl (C=O) groups excluding carboxylic acids is 1. The molecule has 0 amide bonds. The fourth-order valence-electron chi connectivity index (χ4n) is 2.18. The van der Waals surface area contributed by atoms with E-state index in [1.807, 2.05) is 33.8 Å². The largest absolute Gasteiger partial charge is 0.493 e. The van der Waals surface area contributed by atoms with Gasteiger partial charge in [-0.05, 0) is 49.9 Å². The highest BCUT2D eigenvalue weighted by Gasteiger charge is 2.17. The number of aryl methyl sites for hydroxylation is 1. The van der Waals surface area contributed by atoms with Crippen LogP contribution in [0.15, 0.2) is 6.07 Å². The zero-order valence-corrected chi connectivity index (χ0v) is 12.6. The summed E-state index contributed by atoms with van der Waals surface area (Å²) >= 11 is 0. The van der Waals surface area contributed by atoms with Gasteiger partial charge in [0.25, 0.3) is 0 Å². The zero-order valence-electron chi connectivity index (χ0n) is 12.6. The maximum absolute atomic E-state index is 12.2. The van der Waals surface area contributed by atoms with E-state index >= 15 is 0 Å². The van der Waals surface area contributed by atoms with E-state index in [1.54, 1.807) is 0 Å². The Balaban J connectivity index is 3.06. The minimum atomic E-state index is -0.951. The van der Waals surface area contributed by atoms with Gasteiger partial charge in [-0.3, -0.25) is 9.59 Å². The van der Waals surface area contributed by atoms with Gasteiger partial charge in [0.15, 0.2) is 5.78 Å². The number of rotatable bonds is 7. The lowest BCUT2D eigenvalue weighted by Crippen LogP contribution is -2.10. The fraction of sp³-hybridized carbons (Fsp3) is 0.500. The van der Waals surface area contributed by atoms with Crippen LogP contribution in [0.25, 0.3) is 0 Å². The Labute approximate surface area is 119 Å². The first-order valence-corrected chi connectivity index (χ1v) is 6.87. The maximum Gasteiger partial charge on any atom is 0.303 e. The summed E-state index contributed by atoms with van der Waals surface area (Å²) in [5.41, 5.74) is 3.30. The molecule has 0 radical (unpaired) electrons. The van der Waals surface area contributed by atoms with Crippen molar-refractivity contribution < 1.29 is 19.4 Å². The molecule has 0 aliphatic heterocycles. The third kappa shape index (κ3) is 3.83. The van der Waals surface area contributed by atoms with Crippen LogP contribution in [0.2, 0.25) is 0 Å². The third-order valence-electron chi connectivity index (χ3n) is 3.36. The van der Waals surface area contributed by atoms with E-state index in [9.17, 15) is 9.59 Å². The molecule has 1 rings (SSSR count). The number of hydrogen-bond acceptors (Lipinski definition) is 3. The molecule has 0 bridgehead atoms. The van der Waals surface area contributed by atoms with Gasteiger partial charge in [-0.25, -0.2) is 0 Å². The van der Waals surface area contributed by atoms with Gasteiger partial charge in [-0.2, -0.15) is 0 Å². The molecule has 110 valence electrons. The third-order valence-corrected chi connectivity index (χ3v) is 3.36. The summed E-state index contributed by atoms with van der Waals surface area (Å²) < 4.78 is 5.68. The van der Waals surface area contributed by atoms with Crippen molar-refractivity contribution in [2.24, 2.45) is 0 Å². The van der Waals surface area contributed by atoms with Gasteiger partial charge in [0, 0.05) is 12.0 Å². The molecule has 0 heterocycles. The molecular formula is C16H22O4. The Morgan fingerprint density at radius 1 is 1.15 bits per heavy atom. The first-order valence-electron chi connectivity index (χ1n) is 6.87. The van der Waals surface area contributed by atoms with Crippen molar-refractivity contribution in [2.45, 2.75) is 47.0 Å². The lowest BCUT2D eigenvalue weighted by molar-refractivity contribution is -0.136. The first kappa shape index (κ1) is 16.2. The van der Waals surface area contributed by atoms with Crippen LogP contribution in [0.3, 0.4) is 0 Å². The van der Waals surface area contributed by atoms with Crippen molar-refractivity contribution in [2.75, 3.05) is 6.61 Å². The molecule has 0 saturated heterocycles. The molecule has 1 aromatic rings. The molecule has 0 aromatic heterocycles. The van der Waals surface area contributed by atoms with Crippen molar-refractivity contribution in [3.63, 3.8) is 0 Å². The summed E-state index contributed by atoms with van der Waals surface area (Å²) in [6.07, 6.45) is 0.827. The van der Waals surface area contributed by atoms with Crippen LogP contribution in [0.5, 0.6) is 5.75 Å². The molecule has 1 aromatic carbocycles. The number of Topliss-reactive ketones (excluding diaryl/α,β-unsaturated/α-hetero) is 1. The highest BCUT2D eigenvalue weighted by atomic mass is 16.5. The van der Waals surface area contributed by atoms with Crippen molar-refractivity contribution in [1.29, 1.82) is 0 Å². The Kier molecular flexibility index (Phi) is 5.74. The number of carboxylic acids is 1. The highest BCUT2D eigenvalue weighted by Crippen LogP contribution is 2.29. The molecule has 0 aliphatic rings. The number of benzene rings is 1. The quantitative estimate of drug-likeness (QED) is 0.776. The van der Waals surface area contributed by atoms with E-state index < -0.39 is 5.97 Å². The lowest BCUT2D eigenvalue weighted by Gasteiger charge is -2.16. The summed E-state index contributed by atoms with van der Waals surface area (Å²) in [5.74, 6) is -0.266. The molecular weight excluding hydrogens is 256 g/mol. The molecule has 0 fully saturated rings. The summed E-state index contributed by atoms with van der Waals surface area (Å²) in [5, 5.41) is 8.67. The molecule has 0 atom stereocenters. The number of aliphatic carboxylic acids is 1.